The van der Waals surface area contributed by atoms with Crippen molar-refractivity contribution in [1.82, 2.24) is 0 Å². The van der Waals surface area contributed by atoms with Gasteiger partial charge in [-0.25, -0.2) is 0 Å². The largest absolute Gasteiger partial charge is 0.503 e. The van der Waals surface area contributed by atoms with Crippen molar-refractivity contribution >= 4 is 50.8 Å². The zero-order valence-electron chi connectivity index (χ0n) is 12.2. The Morgan fingerprint density at radius 2 is 2.13 bits per heavy atom. The van der Waals surface area contributed by atoms with Crippen LogP contribution >= 0.6 is 27.5 Å². The summed E-state index contributed by atoms with van der Waals surface area (Å²) in [6.07, 6.45) is 1.75. The predicted molar refractivity (Wildman–Crippen MR) is 94.9 cm³/mol. The molecule has 0 unspecified atom stereocenters. The van der Waals surface area contributed by atoms with Crippen LogP contribution in [-0.4, -0.2) is 17.6 Å². The van der Waals surface area contributed by atoms with E-state index in [4.69, 9.17) is 16.3 Å². The highest BCUT2D eigenvalue weighted by atomic mass is 79.9. The fourth-order valence-electron chi connectivity index (χ4n) is 2.42. The first-order chi connectivity index (χ1) is 11.0. The van der Waals surface area contributed by atoms with Crippen LogP contribution in [-0.2, 0) is 4.79 Å². The number of aromatic hydroxyl groups is 1. The number of phenols is 1. The highest BCUT2D eigenvalue weighted by Crippen LogP contribution is 2.39. The molecule has 0 radical (unpaired) electrons. The number of phenolic OH excluding ortho intramolecular Hbond substituents is 1. The summed E-state index contributed by atoms with van der Waals surface area (Å²) in [5.74, 6) is 0.213. The number of hydrogen-bond acceptors (Lipinski definition) is 3. The average molecular weight is 395 g/mol. The molecule has 0 atom stereocenters. The number of carbonyl (C=O) groups excluding carboxylic acids is 1. The molecule has 4 nitrogen and oxygen atoms in total. The number of benzene rings is 2. The topological polar surface area (TPSA) is 58.6 Å². The van der Waals surface area contributed by atoms with Crippen LogP contribution in [0.1, 0.15) is 18.1 Å². The zero-order chi connectivity index (χ0) is 16.6. The van der Waals surface area contributed by atoms with Gasteiger partial charge in [-0.2, -0.15) is 0 Å². The van der Waals surface area contributed by atoms with Gasteiger partial charge in [0.15, 0.2) is 11.5 Å². The molecule has 1 amide bonds. The van der Waals surface area contributed by atoms with E-state index in [2.05, 4.69) is 21.2 Å². The van der Waals surface area contributed by atoms with Gasteiger partial charge in [0.25, 0.3) is 5.91 Å². The number of hydrogen-bond donors (Lipinski definition) is 2. The number of nitrogens with one attached hydrogen (secondary N) is 1. The molecule has 23 heavy (non-hydrogen) atoms. The number of anilines is 1. The van der Waals surface area contributed by atoms with Crippen molar-refractivity contribution in [2.45, 2.75) is 6.92 Å². The second-order valence-corrected chi connectivity index (χ2v) is 6.28. The van der Waals surface area contributed by atoms with Gasteiger partial charge in [0.1, 0.15) is 0 Å². The molecular formula is C17H13BrClNO3. The van der Waals surface area contributed by atoms with Gasteiger partial charge in [0, 0.05) is 16.2 Å². The van der Waals surface area contributed by atoms with E-state index in [1.165, 1.54) is 0 Å². The Bertz CT molecular complexity index is 833. The molecule has 0 bridgehead atoms. The third-order valence-corrected chi connectivity index (χ3v) is 4.27. The first-order valence-corrected chi connectivity index (χ1v) is 8.15. The molecule has 0 fully saturated rings. The van der Waals surface area contributed by atoms with Crippen molar-refractivity contribution in [3.05, 3.63) is 51.0 Å². The monoisotopic (exact) mass is 393 g/mol. The molecule has 0 aromatic heterocycles. The van der Waals surface area contributed by atoms with Crippen LogP contribution < -0.4 is 10.1 Å². The van der Waals surface area contributed by atoms with Crippen molar-refractivity contribution in [1.29, 1.82) is 0 Å². The summed E-state index contributed by atoms with van der Waals surface area (Å²) in [6.45, 7) is 2.27. The van der Waals surface area contributed by atoms with Gasteiger partial charge in [0.05, 0.1) is 16.8 Å². The van der Waals surface area contributed by atoms with E-state index in [1.54, 1.807) is 36.4 Å². The average Bonchev–Trinajstić information content (AvgIpc) is 2.79. The fourth-order valence-corrected chi connectivity index (χ4v) is 3.05. The van der Waals surface area contributed by atoms with Gasteiger partial charge in [-0.3, -0.25) is 4.79 Å². The minimum atomic E-state index is -0.190. The number of amides is 1. The molecule has 1 heterocycles. The number of halogens is 2. The molecule has 0 saturated carbocycles. The highest BCUT2D eigenvalue weighted by molar-refractivity contribution is 9.10. The lowest BCUT2D eigenvalue weighted by Gasteiger charge is -2.09. The second kappa shape index (κ2) is 6.26. The van der Waals surface area contributed by atoms with Crippen LogP contribution in [0.4, 0.5) is 5.69 Å². The third kappa shape index (κ3) is 3.07. The number of rotatable bonds is 3. The molecule has 0 spiro atoms. The van der Waals surface area contributed by atoms with Gasteiger partial charge in [-0.15, -0.1) is 0 Å². The van der Waals surface area contributed by atoms with Crippen LogP contribution in [0.15, 0.2) is 34.8 Å². The minimum absolute atomic E-state index is 0.0389. The maximum absolute atomic E-state index is 12.2. The van der Waals surface area contributed by atoms with Crippen LogP contribution in [0.2, 0.25) is 5.02 Å². The van der Waals surface area contributed by atoms with Crippen LogP contribution in [0.25, 0.3) is 11.6 Å². The lowest BCUT2D eigenvalue weighted by atomic mass is 10.0. The van der Waals surface area contributed by atoms with Gasteiger partial charge >= 0.3 is 0 Å². The lowest BCUT2D eigenvalue weighted by molar-refractivity contribution is -0.110. The summed E-state index contributed by atoms with van der Waals surface area (Å²) in [4.78, 5) is 12.2. The maximum atomic E-state index is 12.2. The Morgan fingerprint density at radius 3 is 2.87 bits per heavy atom. The molecule has 0 aliphatic carbocycles. The van der Waals surface area contributed by atoms with Crippen LogP contribution in [0.5, 0.6) is 11.5 Å². The summed E-state index contributed by atoms with van der Waals surface area (Å²) in [7, 11) is 0. The summed E-state index contributed by atoms with van der Waals surface area (Å²) in [5, 5.41) is 13.3. The summed E-state index contributed by atoms with van der Waals surface area (Å²) in [5.41, 5.74) is 2.76. The summed E-state index contributed by atoms with van der Waals surface area (Å²) < 4.78 is 5.91. The maximum Gasteiger partial charge on any atom is 0.256 e. The highest BCUT2D eigenvalue weighted by Gasteiger charge is 2.24. The molecule has 1 aliphatic rings. The lowest BCUT2D eigenvalue weighted by Crippen LogP contribution is -2.03. The van der Waals surface area contributed by atoms with E-state index in [1.807, 2.05) is 6.92 Å². The van der Waals surface area contributed by atoms with E-state index < -0.39 is 0 Å². The van der Waals surface area contributed by atoms with Crippen LogP contribution in [0.3, 0.4) is 0 Å². The number of ether oxygens (including phenoxy) is 1. The first kappa shape index (κ1) is 15.9. The van der Waals surface area contributed by atoms with Gasteiger partial charge < -0.3 is 15.2 Å². The quantitative estimate of drug-likeness (QED) is 0.742. The normalized spacial score (nSPS) is 14.7. The summed E-state index contributed by atoms with van der Waals surface area (Å²) in [6, 6.07) is 8.69. The van der Waals surface area contributed by atoms with E-state index in [9.17, 15) is 9.90 Å². The Balaban J connectivity index is 2.07. The Labute approximate surface area is 146 Å². The van der Waals surface area contributed by atoms with Gasteiger partial charge in [0.2, 0.25) is 0 Å². The molecule has 0 saturated heterocycles. The van der Waals surface area contributed by atoms with E-state index in [0.717, 1.165) is 11.1 Å². The molecule has 2 N–H and O–H groups in total. The van der Waals surface area contributed by atoms with E-state index in [0.29, 0.717) is 33.1 Å². The smallest absolute Gasteiger partial charge is 0.256 e. The molecule has 3 rings (SSSR count). The zero-order valence-corrected chi connectivity index (χ0v) is 14.5. The molecule has 2 aromatic carbocycles. The Kier molecular flexibility index (Phi) is 4.33. The Hall–Kier alpha value is -1.98. The molecular weight excluding hydrogens is 382 g/mol. The SMILES string of the molecule is CCOc1cc(/C=C2\C(=O)Nc3cc(Cl)ccc32)cc(Br)c1O. The molecule has 6 heteroatoms. The van der Waals surface area contributed by atoms with Gasteiger partial charge in [-0.1, -0.05) is 17.7 Å². The molecule has 118 valence electrons. The fraction of sp³-hybridized carbons (Fsp3) is 0.118. The van der Waals surface area contributed by atoms with Crippen molar-refractivity contribution in [3.63, 3.8) is 0 Å². The minimum Gasteiger partial charge on any atom is -0.503 e. The molecule has 1 aliphatic heterocycles. The van der Waals surface area contributed by atoms with Gasteiger partial charge in [-0.05, 0) is 58.8 Å². The summed E-state index contributed by atoms with van der Waals surface area (Å²) >= 11 is 9.25. The number of carbonyl (C=O) groups is 1. The second-order valence-electron chi connectivity index (χ2n) is 4.98. The van der Waals surface area contributed by atoms with E-state index >= 15 is 0 Å². The van der Waals surface area contributed by atoms with Crippen LogP contribution in [0, 0.1) is 0 Å². The van der Waals surface area contributed by atoms with E-state index in [-0.39, 0.29) is 11.7 Å². The van der Waals surface area contributed by atoms with Crippen molar-refractivity contribution in [2.24, 2.45) is 0 Å². The Morgan fingerprint density at radius 1 is 1.35 bits per heavy atom. The van der Waals surface area contributed by atoms with Crippen molar-refractivity contribution < 1.29 is 14.6 Å². The predicted octanol–water partition coefficient (Wildman–Crippen LogP) is 4.70. The molecule has 2 aromatic rings. The third-order valence-electron chi connectivity index (χ3n) is 3.43. The standard InChI is InChI=1S/C17H13BrClNO3/c1-2-23-15-7-9(6-13(18)16(15)21)5-12-11-4-3-10(19)8-14(11)20-17(12)22/h3-8,21H,2H2,1H3,(H,20,22)/b12-5-. The van der Waals surface area contributed by atoms with Crippen molar-refractivity contribution in [2.75, 3.05) is 11.9 Å². The first-order valence-electron chi connectivity index (χ1n) is 6.98. The van der Waals surface area contributed by atoms with Crippen molar-refractivity contribution in [3.8, 4) is 11.5 Å². The number of fused-ring (bicyclic) bond motifs is 1.